The van der Waals surface area contributed by atoms with Crippen molar-refractivity contribution >= 4 is 0 Å². The molecule has 370 valence electrons. The number of hydrogen-bond donors (Lipinski definition) is 0. The van der Waals surface area contributed by atoms with Gasteiger partial charge in [0.1, 0.15) is 0 Å². The fraction of sp³-hybridized carbons (Fsp3) is 0.742. The molecule has 0 spiro atoms. The van der Waals surface area contributed by atoms with E-state index in [-0.39, 0.29) is 0 Å². The molecule has 0 aromatic rings. The van der Waals surface area contributed by atoms with E-state index >= 15 is 0 Å². The van der Waals surface area contributed by atoms with Crippen LogP contribution in [0.2, 0.25) is 0 Å². The van der Waals surface area contributed by atoms with Crippen molar-refractivity contribution in [3.8, 4) is 0 Å². The van der Waals surface area contributed by atoms with Crippen LogP contribution < -0.4 is 0 Å². The fourth-order valence-corrected chi connectivity index (χ4v) is 4.28. The molecule has 0 unspecified atom stereocenters. The van der Waals surface area contributed by atoms with Gasteiger partial charge in [-0.05, 0) is 110 Å². The molecule has 0 amide bonds. The summed E-state index contributed by atoms with van der Waals surface area (Å²) >= 11 is 0. The lowest BCUT2D eigenvalue weighted by molar-refractivity contribution is 0.589. The van der Waals surface area contributed by atoms with Gasteiger partial charge < -0.3 is 0 Å². The van der Waals surface area contributed by atoms with Gasteiger partial charge in [0, 0.05) is 0 Å². The highest BCUT2D eigenvalue weighted by Gasteiger charge is 2.02. The van der Waals surface area contributed by atoms with Crippen LogP contribution in [0.3, 0.4) is 0 Å². The maximum Gasteiger partial charge on any atom is -0.0263 e. The van der Waals surface area contributed by atoms with E-state index in [4.69, 9.17) is 0 Å². The summed E-state index contributed by atoms with van der Waals surface area (Å²) in [5, 5.41) is 0. The third-order valence-corrected chi connectivity index (χ3v) is 8.49. The van der Waals surface area contributed by atoms with E-state index in [1.807, 2.05) is 0 Å². The van der Waals surface area contributed by atoms with Crippen LogP contribution in [-0.4, -0.2) is 0 Å². The molecule has 0 aromatic heterocycles. The highest BCUT2D eigenvalue weighted by Crippen LogP contribution is 2.16. The first-order chi connectivity index (χ1) is 28.1. The minimum absolute atomic E-state index is 0.660. The Hall–Kier alpha value is -2.08. The summed E-state index contributed by atoms with van der Waals surface area (Å²) in [6.07, 6.45) is 29.2. The molecule has 0 heterocycles. The molecule has 0 bridgehead atoms. The molecular weight excluding hydrogens is 745 g/mol. The second kappa shape index (κ2) is 49.9. The van der Waals surface area contributed by atoms with Crippen LogP contribution in [0.4, 0.5) is 0 Å². The molecule has 0 rings (SSSR count). The second-order valence-corrected chi connectivity index (χ2v) is 22.3. The Bertz CT molecular complexity index is 1030. The van der Waals surface area contributed by atoms with Gasteiger partial charge in [-0.1, -0.05) is 290 Å². The molecule has 0 atom stereocenters. The molecule has 62 heavy (non-hydrogen) atoms. The second-order valence-electron chi connectivity index (χ2n) is 22.3. The van der Waals surface area contributed by atoms with Gasteiger partial charge in [0.05, 0.1) is 0 Å². The van der Waals surface area contributed by atoms with Gasteiger partial charge in [-0.3, -0.25) is 0 Å². The zero-order valence-corrected chi connectivity index (χ0v) is 48.6. The van der Waals surface area contributed by atoms with Crippen LogP contribution in [0.1, 0.15) is 221 Å². The largest absolute Gasteiger partial charge is 0.0996 e. The van der Waals surface area contributed by atoms with Gasteiger partial charge in [-0.25, -0.2) is 0 Å². The Morgan fingerprint density at radius 3 is 0.710 bits per heavy atom. The summed E-state index contributed by atoms with van der Waals surface area (Å²) < 4.78 is 0. The van der Waals surface area contributed by atoms with Gasteiger partial charge in [0.2, 0.25) is 0 Å². The van der Waals surface area contributed by atoms with E-state index in [2.05, 4.69) is 287 Å². The monoisotopic (exact) mass is 867 g/mol. The fourth-order valence-electron chi connectivity index (χ4n) is 4.28. The summed E-state index contributed by atoms with van der Waals surface area (Å²) in [6, 6.07) is 0. The molecule has 0 aliphatic carbocycles. The molecule has 0 N–H and O–H groups in total. The minimum Gasteiger partial charge on any atom is -0.0996 e. The summed E-state index contributed by atoms with van der Waals surface area (Å²) in [7, 11) is 0. The molecular formula is C62H122. The number of rotatable bonds is 17. The minimum atomic E-state index is 0.660. The zero-order chi connectivity index (χ0) is 50.7. The summed E-state index contributed by atoms with van der Waals surface area (Å²) in [4.78, 5) is 0. The molecule has 0 heteroatoms. The van der Waals surface area contributed by atoms with Crippen molar-refractivity contribution in [1.82, 2.24) is 0 Å². The third-order valence-electron chi connectivity index (χ3n) is 8.49. The Kier molecular flexibility index (Phi) is 59.8. The average Bonchev–Trinajstić information content (AvgIpc) is 3.08. The van der Waals surface area contributed by atoms with E-state index in [0.29, 0.717) is 71.0 Å². The summed E-state index contributed by atoms with van der Waals surface area (Å²) in [6.45, 7) is 70.2. The Labute approximate surface area is 398 Å². The predicted octanol–water partition coefficient (Wildman–Crippen LogP) is 22.1. The van der Waals surface area contributed by atoms with E-state index in [0.717, 1.165) is 11.8 Å². The molecule has 0 aromatic carbocycles. The Balaban J connectivity index is -0.000000114. The van der Waals surface area contributed by atoms with Gasteiger partial charge in [-0.2, -0.15) is 0 Å². The van der Waals surface area contributed by atoms with Gasteiger partial charge in [0.15, 0.2) is 0 Å². The van der Waals surface area contributed by atoms with E-state index < -0.39 is 0 Å². The normalized spacial score (nSPS) is 12.5. The lowest BCUT2D eigenvalue weighted by atomic mass is 9.96. The zero-order valence-electron chi connectivity index (χ0n) is 48.6. The van der Waals surface area contributed by atoms with Crippen LogP contribution in [0.25, 0.3) is 0 Å². The van der Waals surface area contributed by atoms with Crippen LogP contribution >= 0.6 is 0 Å². The summed E-state index contributed by atoms with van der Waals surface area (Å²) in [5.41, 5.74) is 4.39. The van der Waals surface area contributed by atoms with Crippen molar-refractivity contribution in [3.63, 3.8) is 0 Å². The van der Waals surface area contributed by atoms with E-state index in [1.54, 1.807) is 0 Å². The lowest BCUT2D eigenvalue weighted by Gasteiger charge is -2.10. The van der Waals surface area contributed by atoms with Crippen molar-refractivity contribution in [2.24, 2.45) is 82.9 Å². The van der Waals surface area contributed by atoms with Crippen LogP contribution in [0.5, 0.6) is 0 Å². The smallest absolute Gasteiger partial charge is 0.0263 e. The standard InChI is InChI=1S/C10H18.4C9H18.2C8H16/c1-9(2)7-5-6-8-10(3)4;3*1-7(2)6-9(5)8(3)4;1-8(2)6-5-7-9(3)4;2*1-7(2)5-6-8(3)4/h5-10H,1-4H3;2*6-8H,1-5H3;7-8H,5-6H2,1-4H3;5-6,8-9H,7H2,1-4H3;2*5-8H,1-4H3/b7-5+,8-6+;9-6+;9-6-;;2*6-5+;6-5-. The first kappa shape index (κ1) is 74.3. The Morgan fingerprint density at radius 1 is 0.323 bits per heavy atom. The van der Waals surface area contributed by atoms with Crippen LogP contribution in [0.15, 0.2) is 96.2 Å². The predicted molar refractivity (Wildman–Crippen MR) is 299 cm³/mol. The van der Waals surface area contributed by atoms with Gasteiger partial charge >= 0.3 is 0 Å². The quantitative estimate of drug-likeness (QED) is 0.101. The van der Waals surface area contributed by atoms with Crippen LogP contribution in [-0.2, 0) is 0 Å². The van der Waals surface area contributed by atoms with Crippen molar-refractivity contribution in [3.05, 3.63) is 96.2 Å². The third kappa shape index (κ3) is 93.0. The first-order valence-electron chi connectivity index (χ1n) is 25.5. The van der Waals surface area contributed by atoms with E-state index in [9.17, 15) is 0 Å². The van der Waals surface area contributed by atoms with Crippen molar-refractivity contribution in [2.75, 3.05) is 0 Å². The number of hydrogen-bond acceptors (Lipinski definition) is 0. The molecule has 0 radical (unpaired) electrons. The maximum absolute atomic E-state index is 3.99. The first-order valence-corrected chi connectivity index (χ1v) is 25.5. The average molecular weight is 868 g/mol. The maximum atomic E-state index is 3.99. The molecule has 0 saturated heterocycles. The molecule has 0 aliphatic rings. The van der Waals surface area contributed by atoms with Gasteiger partial charge in [0.25, 0.3) is 0 Å². The van der Waals surface area contributed by atoms with Crippen LogP contribution in [0, 0.1) is 82.9 Å². The summed E-state index contributed by atoms with van der Waals surface area (Å²) in [5.74, 6) is 9.92. The molecule has 0 fully saturated rings. The SMILES string of the molecule is C/C(=C/C(C)C)C(C)C.C/C(=C\C(C)C)C(C)C.C=C(CC(C)C)C(C)C.CC(C)/C=C/C(C)C.CC(C)/C=C/C=C/C(C)C.CC(C)/C=C/CC(C)C.CC(C)/C=C\C(C)C. The highest BCUT2D eigenvalue weighted by atomic mass is 14.1. The Morgan fingerprint density at radius 2 is 0.581 bits per heavy atom. The van der Waals surface area contributed by atoms with Gasteiger partial charge in [-0.15, -0.1) is 0 Å². The topological polar surface area (TPSA) is 0 Å². The lowest BCUT2D eigenvalue weighted by Crippen LogP contribution is -1.96. The molecule has 0 saturated carbocycles. The van der Waals surface area contributed by atoms with Crippen molar-refractivity contribution in [2.45, 2.75) is 221 Å². The van der Waals surface area contributed by atoms with Crippen molar-refractivity contribution < 1.29 is 0 Å². The van der Waals surface area contributed by atoms with Crippen molar-refractivity contribution in [1.29, 1.82) is 0 Å². The van der Waals surface area contributed by atoms with E-state index in [1.165, 1.54) is 29.6 Å². The molecule has 0 nitrogen and oxygen atoms in total. The number of allylic oxidation sites excluding steroid dienone is 15. The molecule has 0 aliphatic heterocycles. The highest BCUT2D eigenvalue weighted by molar-refractivity contribution is 5.04.